The number of thioether (sulfide) groups is 1. The van der Waals surface area contributed by atoms with E-state index in [1.807, 2.05) is 63.2 Å². The van der Waals surface area contributed by atoms with Crippen molar-refractivity contribution in [2.75, 3.05) is 20.3 Å². The van der Waals surface area contributed by atoms with Gasteiger partial charge in [-0.05, 0) is 79.1 Å². The van der Waals surface area contributed by atoms with Crippen LogP contribution < -0.4 is 14.2 Å². The Labute approximate surface area is 226 Å². The molecule has 3 aromatic carbocycles. The fraction of sp³-hybridized carbons (Fsp3) is 0.241. The van der Waals surface area contributed by atoms with E-state index in [2.05, 4.69) is 0 Å². The zero-order valence-corrected chi connectivity index (χ0v) is 22.7. The van der Waals surface area contributed by atoms with Crippen LogP contribution in [0.2, 0.25) is 5.02 Å². The first-order valence-electron chi connectivity index (χ1n) is 11.8. The minimum absolute atomic E-state index is 0.158. The van der Waals surface area contributed by atoms with Gasteiger partial charge >= 0.3 is 0 Å². The van der Waals surface area contributed by atoms with Crippen LogP contribution in [0, 0.1) is 20.8 Å². The number of aryl methyl sites for hydroxylation is 3. The van der Waals surface area contributed by atoms with Crippen molar-refractivity contribution in [3.63, 3.8) is 0 Å². The monoisotopic (exact) mass is 537 g/mol. The van der Waals surface area contributed by atoms with Gasteiger partial charge in [0.15, 0.2) is 11.5 Å². The van der Waals surface area contributed by atoms with Gasteiger partial charge in [-0.2, -0.15) is 0 Å². The average molecular weight is 538 g/mol. The second-order valence-corrected chi connectivity index (χ2v) is 10.2. The maximum absolute atomic E-state index is 12.9. The van der Waals surface area contributed by atoms with Crippen LogP contribution in [0.25, 0.3) is 6.08 Å². The van der Waals surface area contributed by atoms with E-state index in [1.54, 1.807) is 18.2 Å². The highest BCUT2D eigenvalue weighted by Crippen LogP contribution is 2.39. The molecular weight excluding hydrogens is 510 g/mol. The van der Waals surface area contributed by atoms with E-state index in [1.165, 1.54) is 12.0 Å². The Kier molecular flexibility index (Phi) is 8.46. The van der Waals surface area contributed by atoms with E-state index in [-0.39, 0.29) is 24.3 Å². The summed E-state index contributed by atoms with van der Waals surface area (Å²) < 4.78 is 17.3. The Morgan fingerprint density at radius 3 is 2.49 bits per heavy atom. The van der Waals surface area contributed by atoms with E-state index in [0.29, 0.717) is 33.6 Å². The molecule has 0 aromatic heterocycles. The predicted molar refractivity (Wildman–Crippen MR) is 148 cm³/mol. The van der Waals surface area contributed by atoms with E-state index < -0.39 is 0 Å². The lowest BCUT2D eigenvalue weighted by Crippen LogP contribution is -2.32. The van der Waals surface area contributed by atoms with Crippen LogP contribution in [-0.4, -0.2) is 36.3 Å². The van der Waals surface area contributed by atoms with Crippen LogP contribution in [0.3, 0.4) is 0 Å². The lowest BCUT2D eigenvalue weighted by atomic mass is 10.1. The highest BCUT2D eigenvalue weighted by molar-refractivity contribution is 8.18. The van der Waals surface area contributed by atoms with Crippen molar-refractivity contribution in [2.45, 2.75) is 27.4 Å². The highest BCUT2D eigenvalue weighted by Gasteiger charge is 2.35. The van der Waals surface area contributed by atoms with Crippen molar-refractivity contribution < 1.29 is 23.8 Å². The molecule has 1 saturated heterocycles. The van der Waals surface area contributed by atoms with Gasteiger partial charge in [-0.3, -0.25) is 14.5 Å². The summed E-state index contributed by atoms with van der Waals surface area (Å²) in [5.74, 6) is 1.23. The topological polar surface area (TPSA) is 65.1 Å². The third-order valence-electron chi connectivity index (χ3n) is 5.80. The summed E-state index contributed by atoms with van der Waals surface area (Å²) >= 11 is 7.41. The van der Waals surface area contributed by atoms with Gasteiger partial charge < -0.3 is 14.2 Å². The van der Waals surface area contributed by atoms with Crippen molar-refractivity contribution in [2.24, 2.45) is 0 Å². The molecule has 1 heterocycles. The number of nitrogens with zero attached hydrogens (tertiary/aromatic N) is 1. The molecule has 0 atom stereocenters. The Balaban J connectivity index is 1.44. The standard InChI is InChI=1S/C29H28ClNO5S/c1-18-6-5-7-21(12-18)17-36-27-23(30)14-22(15-25(27)34-4)16-26-28(32)31(29(33)37-26)10-11-35-24-13-19(2)8-9-20(24)3/h5-9,12-16H,10-11,17H2,1-4H3/b26-16-. The van der Waals surface area contributed by atoms with E-state index >= 15 is 0 Å². The second kappa shape index (κ2) is 11.8. The molecule has 0 N–H and O–H groups in total. The summed E-state index contributed by atoms with van der Waals surface area (Å²) in [5.41, 5.74) is 4.85. The van der Waals surface area contributed by atoms with Crippen LogP contribution in [0.4, 0.5) is 4.79 Å². The van der Waals surface area contributed by atoms with E-state index in [9.17, 15) is 9.59 Å². The molecule has 0 saturated carbocycles. The van der Waals surface area contributed by atoms with Crippen molar-refractivity contribution in [1.29, 1.82) is 0 Å². The summed E-state index contributed by atoms with van der Waals surface area (Å²) in [5, 5.41) is 0.0105. The molecule has 6 nitrogen and oxygen atoms in total. The quantitative estimate of drug-likeness (QED) is 0.275. The number of carbonyl (C=O) groups excluding carboxylic acids is 2. The molecule has 0 unspecified atom stereocenters. The van der Waals surface area contributed by atoms with Crippen molar-refractivity contribution >= 4 is 40.6 Å². The summed E-state index contributed by atoms with van der Waals surface area (Å²) in [6.45, 7) is 6.66. The fourth-order valence-corrected chi connectivity index (χ4v) is 5.01. The molecule has 4 rings (SSSR count). The molecule has 37 heavy (non-hydrogen) atoms. The molecule has 0 bridgehead atoms. The maximum atomic E-state index is 12.9. The molecule has 1 fully saturated rings. The molecule has 0 aliphatic carbocycles. The lowest BCUT2D eigenvalue weighted by molar-refractivity contribution is -0.123. The van der Waals surface area contributed by atoms with Gasteiger partial charge in [0.05, 0.1) is 23.6 Å². The Bertz CT molecular complexity index is 1370. The number of halogens is 1. The summed E-state index contributed by atoms with van der Waals surface area (Å²) in [4.78, 5) is 27.0. The molecule has 0 radical (unpaired) electrons. The van der Waals surface area contributed by atoms with Gasteiger partial charge in [0.2, 0.25) is 0 Å². The number of imide groups is 1. The minimum Gasteiger partial charge on any atom is -0.493 e. The first-order valence-corrected chi connectivity index (χ1v) is 13.0. The Morgan fingerprint density at radius 1 is 0.946 bits per heavy atom. The van der Waals surface area contributed by atoms with Gasteiger partial charge in [-0.15, -0.1) is 0 Å². The smallest absolute Gasteiger partial charge is 0.293 e. The number of rotatable bonds is 9. The second-order valence-electron chi connectivity index (χ2n) is 8.76. The number of amides is 2. The SMILES string of the molecule is COc1cc(/C=C2\SC(=O)N(CCOc3cc(C)ccc3C)C2=O)cc(Cl)c1OCc1cccc(C)c1. The first kappa shape index (κ1) is 26.6. The molecule has 192 valence electrons. The van der Waals surface area contributed by atoms with Gasteiger partial charge in [0.1, 0.15) is 19.0 Å². The molecule has 0 spiro atoms. The number of hydrogen-bond acceptors (Lipinski definition) is 6. The molecule has 3 aromatic rings. The Hall–Kier alpha value is -3.42. The highest BCUT2D eigenvalue weighted by atomic mass is 35.5. The Morgan fingerprint density at radius 2 is 1.73 bits per heavy atom. The molecule has 1 aliphatic rings. The maximum Gasteiger partial charge on any atom is 0.293 e. The van der Waals surface area contributed by atoms with Crippen molar-refractivity contribution in [3.05, 3.63) is 92.3 Å². The average Bonchev–Trinajstić information content (AvgIpc) is 3.12. The van der Waals surface area contributed by atoms with Gasteiger partial charge in [0.25, 0.3) is 11.1 Å². The molecule has 8 heteroatoms. The lowest BCUT2D eigenvalue weighted by Gasteiger charge is -2.15. The van der Waals surface area contributed by atoms with Crippen molar-refractivity contribution in [1.82, 2.24) is 4.90 Å². The molecular formula is C29H28ClNO5S. The van der Waals surface area contributed by atoms with Crippen molar-refractivity contribution in [3.8, 4) is 17.2 Å². The summed E-state index contributed by atoms with van der Waals surface area (Å²) in [6.07, 6.45) is 1.63. The van der Waals surface area contributed by atoms with Gasteiger partial charge in [0, 0.05) is 0 Å². The van der Waals surface area contributed by atoms with Crippen LogP contribution in [0.15, 0.2) is 59.5 Å². The van der Waals surface area contributed by atoms with Crippen LogP contribution >= 0.6 is 23.4 Å². The molecule has 2 amide bonds. The fourth-order valence-electron chi connectivity index (χ4n) is 3.87. The largest absolute Gasteiger partial charge is 0.493 e. The summed E-state index contributed by atoms with van der Waals surface area (Å²) in [7, 11) is 1.53. The number of hydrogen-bond donors (Lipinski definition) is 0. The third-order valence-corrected chi connectivity index (χ3v) is 6.99. The van der Waals surface area contributed by atoms with Crippen LogP contribution in [0.5, 0.6) is 17.2 Å². The summed E-state index contributed by atoms with van der Waals surface area (Å²) in [6, 6.07) is 17.4. The van der Waals surface area contributed by atoms with Gasteiger partial charge in [-0.25, -0.2) is 0 Å². The zero-order valence-electron chi connectivity index (χ0n) is 21.2. The third kappa shape index (κ3) is 6.48. The van der Waals surface area contributed by atoms with E-state index in [0.717, 1.165) is 39.8 Å². The van der Waals surface area contributed by atoms with E-state index in [4.69, 9.17) is 25.8 Å². The number of methoxy groups -OCH3 is 1. The van der Waals surface area contributed by atoms with Crippen LogP contribution in [-0.2, 0) is 11.4 Å². The van der Waals surface area contributed by atoms with Gasteiger partial charge in [-0.1, -0.05) is 53.6 Å². The predicted octanol–water partition coefficient (Wildman–Crippen LogP) is 6.97. The normalized spacial score (nSPS) is 14.4. The number of ether oxygens (including phenoxy) is 3. The zero-order chi connectivity index (χ0) is 26.5. The number of carbonyl (C=O) groups is 2. The van der Waals surface area contributed by atoms with Crippen LogP contribution in [0.1, 0.15) is 27.8 Å². The first-order chi connectivity index (χ1) is 17.7. The molecule has 1 aliphatic heterocycles. The minimum atomic E-state index is -0.366. The number of benzene rings is 3.